The Bertz CT molecular complexity index is 1110. The summed E-state index contributed by atoms with van der Waals surface area (Å²) in [4.78, 5) is 17.7. The Morgan fingerprint density at radius 2 is 1.65 bits per heavy atom. The van der Waals surface area contributed by atoms with Crippen LogP contribution in [-0.2, 0) is 11.2 Å². The number of benzene rings is 2. The van der Waals surface area contributed by atoms with E-state index < -0.39 is 40.6 Å². The Morgan fingerprint density at radius 1 is 1.00 bits per heavy atom. The largest absolute Gasteiger partial charge is 0.379 e. The number of amides is 1. The Hall–Kier alpha value is -2.98. The molecule has 0 unspecified atom stereocenters. The normalized spacial score (nSPS) is 14.9. The smallest absolute Gasteiger partial charge is 0.261 e. The van der Waals surface area contributed by atoms with Crippen molar-refractivity contribution >= 4 is 22.5 Å². The zero-order valence-electron chi connectivity index (χ0n) is 16.2. The molecule has 0 saturated carbocycles. The fourth-order valence-electron chi connectivity index (χ4n) is 3.56. The van der Waals surface area contributed by atoms with Gasteiger partial charge in [-0.1, -0.05) is 0 Å². The van der Waals surface area contributed by atoms with Gasteiger partial charge < -0.3 is 15.0 Å². The van der Waals surface area contributed by atoms with Crippen LogP contribution in [0, 0.1) is 29.1 Å². The van der Waals surface area contributed by atoms with Crippen LogP contribution < -0.4 is 5.32 Å². The molecule has 10 heteroatoms. The maximum absolute atomic E-state index is 13.9. The van der Waals surface area contributed by atoms with E-state index >= 15 is 0 Å². The molecule has 3 aromatic rings. The molecule has 1 saturated heterocycles. The van der Waals surface area contributed by atoms with Gasteiger partial charge in [-0.05, 0) is 30.2 Å². The third-order valence-electron chi connectivity index (χ3n) is 5.26. The number of carbonyl (C=O) groups excluding carboxylic acids is 1. The zero-order chi connectivity index (χ0) is 22.1. The molecule has 1 aliphatic heterocycles. The van der Waals surface area contributed by atoms with E-state index in [0.29, 0.717) is 13.2 Å². The van der Waals surface area contributed by atoms with E-state index in [9.17, 15) is 26.7 Å². The van der Waals surface area contributed by atoms with Crippen molar-refractivity contribution in [2.75, 3.05) is 38.2 Å². The van der Waals surface area contributed by atoms with Gasteiger partial charge in [-0.2, -0.15) is 0 Å². The van der Waals surface area contributed by atoms with Gasteiger partial charge >= 0.3 is 0 Å². The minimum atomic E-state index is -2.31. The second kappa shape index (κ2) is 8.64. The molecule has 1 aliphatic rings. The highest BCUT2D eigenvalue weighted by Gasteiger charge is 2.29. The highest BCUT2D eigenvalue weighted by molar-refractivity contribution is 6.05. The highest BCUT2D eigenvalue weighted by atomic mass is 19.2. The summed E-state index contributed by atoms with van der Waals surface area (Å²) in [5, 5.41) is 2.99. The van der Waals surface area contributed by atoms with Crippen molar-refractivity contribution in [2.45, 2.75) is 6.42 Å². The van der Waals surface area contributed by atoms with Gasteiger partial charge in [-0.3, -0.25) is 9.69 Å². The predicted molar refractivity (Wildman–Crippen MR) is 103 cm³/mol. The van der Waals surface area contributed by atoms with E-state index in [-0.39, 0.29) is 5.69 Å². The molecule has 2 aromatic carbocycles. The van der Waals surface area contributed by atoms with Gasteiger partial charge in [0.2, 0.25) is 5.82 Å². The van der Waals surface area contributed by atoms with Gasteiger partial charge in [0.15, 0.2) is 23.3 Å². The first kappa shape index (κ1) is 21.3. The first-order valence-corrected chi connectivity index (χ1v) is 9.59. The third kappa shape index (κ3) is 4.13. The second-order valence-corrected chi connectivity index (χ2v) is 7.18. The first-order valence-electron chi connectivity index (χ1n) is 9.59. The lowest BCUT2D eigenvalue weighted by atomic mass is 10.1. The molecule has 2 N–H and O–H groups in total. The van der Waals surface area contributed by atoms with Gasteiger partial charge in [0, 0.05) is 42.4 Å². The molecule has 2 heterocycles. The number of ether oxygens (including phenoxy) is 1. The Kier molecular flexibility index (Phi) is 5.92. The van der Waals surface area contributed by atoms with Crippen LogP contribution in [0.5, 0.6) is 0 Å². The van der Waals surface area contributed by atoms with Crippen molar-refractivity contribution in [2.24, 2.45) is 0 Å². The van der Waals surface area contributed by atoms with Crippen LogP contribution >= 0.6 is 0 Å². The Balaban J connectivity index is 1.56. The van der Waals surface area contributed by atoms with Crippen LogP contribution in [0.25, 0.3) is 10.9 Å². The Labute approximate surface area is 173 Å². The monoisotopic (exact) mass is 439 g/mol. The number of fused-ring (bicyclic) bond motifs is 1. The van der Waals surface area contributed by atoms with Gasteiger partial charge in [-0.15, -0.1) is 0 Å². The molecule has 0 atom stereocenters. The van der Waals surface area contributed by atoms with Crippen LogP contribution in [0.4, 0.5) is 27.6 Å². The van der Waals surface area contributed by atoms with Crippen molar-refractivity contribution in [1.82, 2.24) is 9.88 Å². The number of aromatic amines is 1. The van der Waals surface area contributed by atoms with Crippen molar-refractivity contribution < 1.29 is 31.5 Å². The van der Waals surface area contributed by atoms with Gasteiger partial charge in [0.1, 0.15) is 5.56 Å². The molecule has 4 rings (SSSR count). The molecule has 1 amide bonds. The van der Waals surface area contributed by atoms with Crippen LogP contribution in [-0.4, -0.2) is 48.6 Å². The maximum Gasteiger partial charge on any atom is 0.261 e. The lowest BCUT2D eigenvalue weighted by Gasteiger charge is -2.26. The molecular weight excluding hydrogens is 421 g/mol. The summed E-state index contributed by atoms with van der Waals surface area (Å²) < 4.78 is 73.1. The summed E-state index contributed by atoms with van der Waals surface area (Å²) >= 11 is 0. The number of halogens is 5. The van der Waals surface area contributed by atoms with Crippen molar-refractivity contribution in [1.29, 1.82) is 0 Å². The fraction of sp³-hybridized carbons (Fsp3) is 0.286. The molecule has 31 heavy (non-hydrogen) atoms. The van der Waals surface area contributed by atoms with Crippen LogP contribution in [0.2, 0.25) is 0 Å². The average Bonchev–Trinajstić information content (AvgIpc) is 3.18. The topological polar surface area (TPSA) is 57.4 Å². The second-order valence-electron chi connectivity index (χ2n) is 7.18. The number of aromatic nitrogens is 1. The van der Waals surface area contributed by atoms with Crippen molar-refractivity contribution in [3.8, 4) is 0 Å². The van der Waals surface area contributed by atoms with E-state index in [1.165, 1.54) is 6.07 Å². The number of nitrogens with one attached hydrogen (secondary N) is 2. The summed E-state index contributed by atoms with van der Waals surface area (Å²) in [6.45, 7) is 3.85. The van der Waals surface area contributed by atoms with Crippen molar-refractivity contribution in [3.63, 3.8) is 0 Å². The summed E-state index contributed by atoms with van der Waals surface area (Å²) in [5.41, 5.74) is 0.381. The Morgan fingerprint density at radius 3 is 2.32 bits per heavy atom. The summed E-state index contributed by atoms with van der Waals surface area (Å²) in [5.74, 6) is -12.4. The lowest BCUT2D eigenvalue weighted by molar-refractivity contribution is 0.0385. The van der Waals surface area contributed by atoms with E-state index in [4.69, 9.17) is 4.74 Å². The van der Waals surface area contributed by atoms with Crippen LogP contribution in [0.15, 0.2) is 24.4 Å². The summed E-state index contributed by atoms with van der Waals surface area (Å²) in [6, 6.07) is 4.71. The standard InChI is InChI=1S/C21H18F5N3O2/c22-16-15(17(23)19(25)20(26)18(16)24)21(30)28-12-1-2-14-13(9-12)11(10-27-14)3-4-29-5-7-31-8-6-29/h1-2,9-10,27H,3-8H2,(H,28,30). The van der Waals surface area contributed by atoms with Crippen LogP contribution in [0.1, 0.15) is 15.9 Å². The molecule has 0 spiro atoms. The van der Waals surface area contributed by atoms with Crippen molar-refractivity contribution in [3.05, 3.63) is 64.6 Å². The number of hydrogen-bond donors (Lipinski definition) is 2. The fourth-order valence-corrected chi connectivity index (χ4v) is 3.56. The van der Waals surface area contributed by atoms with Gasteiger partial charge in [-0.25, -0.2) is 22.0 Å². The van der Waals surface area contributed by atoms with Gasteiger partial charge in [0.05, 0.1) is 13.2 Å². The number of morpholine rings is 1. The van der Waals surface area contributed by atoms with E-state index in [1.807, 2.05) is 6.20 Å². The van der Waals surface area contributed by atoms with E-state index in [0.717, 1.165) is 42.5 Å². The predicted octanol–water partition coefficient (Wildman–Crippen LogP) is 3.99. The number of nitrogens with zero attached hydrogens (tertiary/aromatic N) is 1. The average molecular weight is 439 g/mol. The minimum absolute atomic E-state index is 0.161. The van der Waals surface area contributed by atoms with E-state index in [1.54, 1.807) is 12.1 Å². The molecule has 0 bridgehead atoms. The number of H-pyrrole nitrogens is 1. The summed E-state index contributed by atoms with van der Waals surface area (Å²) in [7, 11) is 0. The molecule has 0 radical (unpaired) electrons. The molecule has 0 aliphatic carbocycles. The minimum Gasteiger partial charge on any atom is -0.379 e. The molecule has 5 nitrogen and oxygen atoms in total. The third-order valence-corrected chi connectivity index (χ3v) is 5.26. The quantitative estimate of drug-likeness (QED) is 0.359. The van der Waals surface area contributed by atoms with E-state index in [2.05, 4.69) is 15.2 Å². The van der Waals surface area contributed by atoms with Gasteiger partial charge in [0.25, 0.3) is 5.91 Å². The number of carbonyl (C=O) groups is 1. The number of anilines is 1. The molecular formula is C21H18F5N3O2. The molecule has 1 aromatic heterocycles. The SMILES string of the molecule is O=C(Nc1ccc2[nH]cc(CCN3CCOCC3)c2c1)c1c(F)c(F)c(F)c(F)c1F. The zero-order valence-corrected chi connectivity index (χ0v) is 16.2. The lowest BCUT2D eigenvalue weighted by Crippen LogP contribution is -2.37. The number of rotatable bonds is 5. The molecule has 1 fully saturated rings. The first-order chi connectivity index (χ1) is 14.9. The summed E-state index contributed by atoms with van der Waals surface area (Å²) in [6.07, 6.45) is 2.55. The van der Waals surface area contributed by atoms with Crippen LogP contribution in [0.3, 0.4) is 0 Å². The highest BCUT2D eigenvalue weighted by Crippen LogP contribution is 2.26. The number of hydrogen-bond acceptors (Lipinski definition) is 3. The molecule has 164 valence electrons. The maximum atomic E-state index is 13.9.